The van der Waals surface area contributed by atoms with Gasteiger partial charge in [0.15, 0.2) is 0 Å². The van der Waals surface area contributed by atoms with Crippen LogP contribution in [0.4, 0.5) is 5.69 Å². The van der Waals surface area contributed by atoms with Gasteiger partial charge in [-0.1, -0.05) is 6.92 Å². The molecule has 0 aromatic carbocycles. The van der Waals surface area contributed by atoms with Gasteiger partial charge < -0.3 is 15.1 Å². The van der Waals surface area contributed by atoms with Crippen LogP contribution in [0.5, 0.6) is 0 Å². The smallest absolute Gasteiger partial charge is 0.220 e. The first-order valence-corrected chi connectivity index (χ1v) is 10.4. The minimum atomic E-state index is 0.187. The zero-order chi connectivity index (χ0) is 19.7. The van der Waals surface area contributed by atoms with Crippen LogP contribution in [0.2, 0.25) is 0 Å². The molecule has 2 saturated heterocycles. The Bertz CT molecular complexity index is 846. The number of aromatic nitrogens is 2. The zero-order valence-corrected chi connectivity index (χ0v) is 17.2. The van der Waals surface area contributed by atoms with Crippen LogP contribution in [-0.2, 0) is 4.79 Å². The molecule has 4 rings (SSSR count). The SMILES string of the molecule is Cc1ncc(N2CC(C)C(NC(=O)CC3CCN(C)CC3)C2)c2cccnc12. The highest BCUT2D eigenvalue weighted by atomic mass is 16.1. The number of likely N-dealkylation sites (tertiary alicyclic amines) is 1. The van der Waals surface area contributed by atoms with Crippen LogP contribution in [0.3, 0.4) is 0 Å². The zero-order valence-electron chi connectivity index (χ0n) is 17.2. The van der Waals surface area contributed by atoms with Gasteiger partial charge in [0, 0.05) is 31.1 Å². The number of piperidine rings is 1. The Kier molecular flexibility index (Phi) is 5.49. The predicted molar refractivity (Wildman–Crippen MR) is 112 cm³/mol. The second-order valence-corrected chi connectivity index (χ2v) is 8.64. The molecule has 4 heterocycles. The van der Waals surface area contributed by atoms with Crippen molar-refractivity contribution in [3.63, 3.8) is 0 Å². The maximum atomic E-state index is 12.6. The molecule has 6 heteroatoms. The molecule has 0 bridgehead atoms. The number of hydrogen-bond acceptors (Lipinski definition) is 5. The fraction of sp³-hybridized carbons (Fsp3) is 0.591. The molecule has 0 aliphatic carbocycles. The van der Waals surface area contributed by atoms with Crippen molar-refractivity contribution in [2.24, 2.45) is 11.8 Å². The summed E-state index contributed by atoms with van der Waals surface area (Å²) >= 11 is 0. The summed E-state index contributed by atoms with van der Waals surface area (Å²) in [5, 5.41) is 4.46. The minimum absolute atomic E-state index is 0.187. The monoisotopic (exact) mass is 381 g/mol. The van der Waals surface area contributed by atoms with Gasteiger partial charge in [-0.05, 0) is 63.9 Å². The lowest BCUT2D eigenvalue weighted by Crippen LogP contribution is -2.41. The van der Waals surface area contributed by atoms with Crippen LogP contribution in [0, 0.1) is 18.8 Å². The third kappa shape index (κ3) is 3.97. The average Bonchev–Trinajstić information content (AvgIpc) is 3.04. The van der Waals surface area contributed by atoms with Crippen molar-refractivity contribution in [1.82, 2.24) is 20.2 Å². The van der Waals surface area contributed by atoms with Gasteiger partial charge in [0.2, 0.25) is 5.91 Å². The first kappa shape index (κ1) is 19.1. The first-order chi connectivity index (χ1) is 13.5. The molecule has 2 atom stereocenters. The number of fused-ring (bicyclic) bond motifs is 1. The Morgan fingerprint density at radius 2 is 2.04 bits per heavy atom. The van der Waals surface area contributed by atoms with E-state index in [0.29, 0.717) is 18.3 Å². The normalized spacial score (nSPS) is 24.0. The van der Waals surface area contributed by atoms with E-state index in [2.05, 4.69) is 45.1 Å². The Morgan fingerprint density at radius 3 is 2.82 bits per heavy atom. The van der Waals surface area contributed by atoms with Crippen molar-refractivity contribution in [3.05, 3.63) is 30.2 Å². The Hall–Kier alpha value is -2.21. The van der Waals surface area contributed by atoms with Gasteiger partial charge >= 0.3 is 0 Å². The van der Waals surface area contributed by atoms with Crippen LogP contribution in [0.15, 0.2) is 24.5 Å². The van der Waals surface area contributed by atoms with Gasteiger partial charge in [-0.15, -0.1) is 0 Å². The van der Waals surface area contributed by atoms with E-state index >= 15 is 0 Å². The fourth-order valence-electron chi connectivity index (χ4n) is 4.59. The number of carbonyl (C=O) groups excluding carboxylic acids is 1. The Labute approximate surface area is 167 Å². The number of aryl methyl sites for hydroxylation is 1. The fourth-order valence-corrected chi connectivity index (χ4v) is 4.59. The Balaban J connectivity index is 1.41. The number of rotatable bonds is 4. The van der Waals surface area contributed by atoms with Crippen LogP contribution < -0.4 is 10.2 Å². The van der Waals surface area contributed by atoms with Gasteiger partial charge in [-0.3, -0.25) is 14.8 Å². The molecule has 6 nitrogen and oxygen atoms in total. The largest absolute Gasteiger partial charge is 0.367 e. The van der Waals surface area contributed by atoms with E-state index in [1.165, 1.54) is 0 Å². The lowest BCUT2D eigenvalue weighted by Gasteiger charge is -2.29. The van der Waals surface area contributed by atoms with Crippen LogP contribution in [0.25, 0.3) is 10.9 Å². The predicted octanol–water partition coefficient (Wildman–Crippen LogP) is 2.61. The summed E-state index contributed by atoms with van der Waals surface area (Å²) in [5.74, 6) is 1.15. The van der Waals surface area contributed by atoms with Crippen molar-refractivity contribution in [1.29, 1.82) is 0 Å². The van der Waals surface area contributed by atoms with E-state index in [4.69, 9.17) is 0 Å². The third-order valence-electron chi connectivity index (χ3n) is 6.42. The summed E-state index contributed by atoms with van der Waals surface area (Å²) in [6, 6.07) is 4.28. The summed E-state index contributed by atoms with van der Waals surface area (Å²) in [6.07, 6.45) is 6.69. The van der Waals surface area contributed by atoms with Crippen molar-refractivity contribution in [2.45, 2.75) is 39.2 Å². The van der Waals surface area contributed by atoms with Crippen molar-refractivity contribution < 1.29 is 4.79 Å². The molecule has 2 fully saturated rings. The summed E-state index contributed by atoms with van der Waals surface area (Å²) in [6.45, 7) is 8.18. The summed E-state index contributed by atoms with van der Waals surface area (Å²) in [5.41, 5.74) is 3.03. The molecular weight excluding hydrogens is 350 g/mol. The van der Waals surface area contributed by atoms with Crippen LogP contribution in [0.1, 0.15) is 31.9 Å². The molecule has 2 aliphatic rings. The van der Waals surface area contributed by atoms with Gasteiger partial charge in [-0.2, -0.15) is 0 Å². The van der Waals surface area contributed by atoms with Gasteiger partial charge in [0.25, 0.3) is 0 Å². The highest BCUT2D eigenvalue weighted by Gasteiger charge is 2.32. The molecule has 28 heavy (non-hydrogen) atoms. The van der Waals surface area contributed by atoms with Crippen molar-refractivity contribution in [2.75, 3.05) is 38.1 Å². The molecule has 2 aromatic rings. The van der Waals surface area contributed by atoms with Gasteiger partial charge in [-0.25, -0.2) is 0 Å². The van der Waals surface area contributed by atoms with E-state index in [1.807, 2.05) is 25.4 Å². The first-order valence-electron chi connectivity index (χ1n) is 10.4. The maximum absolute atomic E-state index is 12.6. The highest BCUT2D eigenvalue weighted by Crippen LogP contribution is 2.31. The topological polar surface area (TPSA) is 61.4 Å². The van der Waals surface area contributed by atoms with E-state index in [1.54, 1.807) is 0 Å². The molecular formula is C22H31N5O. The quantitative estimate of drug-likeness (QED) is 0.882. The molecule has 150 valence electrons. The number of amides is 1. The summed E-state index contributed by atoms with van der Waals surface area (Å²) < 4.78 is 0. The molecule has 2 unspecified atom stereocenters. The highest BCUT2D eigenvalue weighted by molar-refractivity contribution is 5.92. The van der Waals surface area contributed by atoms with Gasteiger partial charge in [0.1, 0.15) is 0 Å². The molecule has 1 N–H and O–H groups in total. The van der Waals surface area contributed by atoms with Crippen LogP contribution >= 0.6 is 0 Å². The van der Waals surface area contributed by atoms with Crippen molar-refractivity contribution >= 4 is 22.5 Å². The molecule has 2 aromatic heterocycles. The number of hydrogen-bond donors (Lipinski definition) is 1. The molecule has 2 aliphatic heterocycles. The van der Waals surface area contributed by atoms with E-state index in [-0.39, 0.29) is 11.9 Å². The summed E-state index contributed by atoms with van der Waals surface area (Å²) in [4.78, 5) is 26.4. The number of nitrogens with one attached hydrogen (secondary N) is 1. The average molecular weight is 382 g/mol. The molecule has 0 saturated carbocycles. The van der Waals surface area contributed by atoms with E-state index in [0.717, 1.165) is 61.3 Å². The third-order valence-corrected chi connectivity index (χ3v) is 6.42. The lowest BCUT2D eigenvalue weighted by molar-refractivity contribution is -0.123. The second-order valence-electron chi connectivity index (χ2n) is 8.64. The van der Waals surface area contributed by atoms with Crippen molar-refractivity contribution in [3.8, 4) is 0 Å². The number of pyridine rings is 2. The van der Waals surface area contributed by atoms with E-state index < -0.39 is 0 Å². The standard InChI is InChI=1S/C22H31N5O/c1-15-13-27(20-12-24-16(2)22-18(20)5-4-8-23-22)14-19(15)25-21(28)11-17-6-9-26(3)10-7-17/h4-5,8,12,15,17,19H,6-7,9-11,13-14H2,1-3H3,(H,25,28). The number of nitrogens with zero attached hydrogens (tertiary/aromatic N) is 4. The van der Waals surface area contributed by atoms with Crippen LogP contribution in [-0.4, -0.2) is 60.0 Å². The maximum Gasteiger partial charge on any atom is 0.220 e. The van der Waals surface area contributed by atoms with Gasteiger partial charge in [0.05, 0.1) is 29.1 Å². The number of carbonyl (C=O) groups is 1. The van der Waals surface area contributed by atoms with E-state index in [9.17, 15) is 4.79 Å². The second kappa shape index (κ2) is 8.03. The Morgan fingerprint density at radius 1 is 1.25 bits per heavy atom. The lowest BCUT2D eigenvalue weighted by atomic mass is 9.93. The molecule has 0 radical (unpaired) electrons. The number of anilines is 1. The minimum Gasteiger partial charge on any atom is -0.367 e. The summed E-state index contributed by atoms with van der Waals surface area (Å²) in [7, 11) is 2.16. The molecule has 1 amide bonds. The molecule has 0 spiro atoms.